The highest BCUT2D eigenvalue weighted by Crippen LogP contribution is 2.21. The molecule has 0 saturated carbocycles. The molecule has 90 valence electrons. The van der Waals surface area contributed by atoms with E-state index in [0.29, 0.717) is 18.0 Å². The second-order valence-corrected chi connectivity index (χ2v) is 4.26. The molecule has 0 radical (unpaired) electrons. The van der Waals surface area contributed by atoms with Gasteiger partial charge in [-0.3, -0.25) is 9.48 Å². The lowest BCUT2D eigenvalue weighted by Crippen LogP contribution is -2.25. The number of rotatable bonds is 5. The summed E-state index contributed by atoms with van der Waals surface area (Å²) < 4.78 is 6.86. The largest absolute Gasteiger partial charge is 0.493 e. The van der Waals surface area contributed by atoms with Gasteiger partial charge in [-0.2, -0.15) is 5.10 Å². The summed E-state index contributed by atoms with van der Waals surface area (Å²) >= 11 is 0. The average molecular weight is 225 g/mol. The van der Waals surface area contributed by atoms with Crippen LogP contribution in [0.1, 0.15) is 30.4 Å². The van der Waals surface area contributed by atoms with E-state index in [1.165, 1.54) is 0 Å². The van der Waals surface area contributed by atoms with Crippen LogP contribution in [0.2, 0.25) is 0 Å². The number of methoxy groups -OCH3 is 1. The van der Waals surface area contributed by atoms with Gasteiger partial charge in [0.25, 0.3) is 0 Å². The highest BCUT2D eigenvalue weighted by molar-refractivity contribution is 5.98. The molecule has 1 aromatic heterocycles. The fraction of sp³-hybridized carbons (Fsp3) is 0.636. The molecule has 0 spiro atoms. The molecule has 1 rings (SSSR count). The number of hydrogen-bond donors (Lipinski definition) is 0. The molecule has 0 amide bonds. The molecule has 0 saturated heterocycles. The third-order valence-electron chi connectivity index (χ3n) is 2.19. The molecule has 1 heterocycles. The number of likely N-dealkylation sites (N-methyl/N-ethyl adjacent to an activating group) is 1. The van der Waals surface area contributed by atoms with E-state index in [0.717, 1.165) is 0 Å². The van der Waals surface area contributed by atoms with Gasteiger partial charge < -0.3 is 9.64 Å². The highest BCUT2D eigenvalue weighted by Gasteiger charge is 2.21. The SMILES string of the molecule is COc1cnn(C(C)C)c1C(=O)CN(C)C. The molecule has 0 aliphatic heterocycles. The Kier molecular flexibility index (Phi) is 4.06. The van der Waals surface area contributed by atoms with Crippen LogP contribution in [-0.4, -0.2) is 48.2 Å². The molecular weight excluding hydrogens is 206 g/mol. The van der Waals surface area contributed by atoms with Crippen LogP contribution < -0.4 is 4.74 Å². The zero-order valence-electron chi connectivity index (χ0n) is 10.5. The van der Waals surface area contributed by atoms with Crippen molar-refractivity contribution in [2.24, 2.45) is 0 Å². The number of hydrogen-bond acceptors (Lipinski definition) is 4. The summed E-state index contributed by atoms with van der Waals surface area (Å²) in [6, 6.07) is 0.144. The van der Waals surface area contributed by atoms with Crippen LogP contribution in [0.4, 0.5) is 0 Å². The maximum Gasteiger partial charge on any atom is 0.198 e. The van der Waals surface area contributed by atoms with Gasteiger partial charge in [-0.25, -0.2) is 0 Å². The number of ketones is 1. The monoisotopic (exact) mass is 225 g/mol. The summed E-state index contributed by atoms with van der Waals surface area (Å²) in [5.74, 6) is 0.564. The van der Waals surface area contributed by atoms with Gasteiger partial charge in [-0.1, -0.05) is 0 Å². The quantitative estimate of drug-likeness (QED) is 0.707. The number of ether oxygens (including phenoxy) is 1. The summed E-state index contributed by atoms with van der Waals surface area (Å²) in [5, 5.41) is 4.17. The molecule has 0 atom stereocenters. The first kappa shape index (κ1) is 12.7. The average Bonchev–Trinajstić information content (AvgIpc) is 2.59. The van der Waals surface area contributed by atoms with Gasteiger partial charge in [-0.15, -0.1) is 0 Å². The Morgan fingerprint density at radius 1 is 1.56 bits per heavy atom. The minimum absolute atomic E-state index is 0.0213. The van der Waals surface area contributed by atoms with Crippen molar-refractivity contribution in [2.75, 3.05) is 27.7 Å². The van der Waals surface area contributed by atoms with E-state index >= 15 is 0 Å². The number of aromatic nitrogens is 2. The van der Waals surface area contributed by atoms with Crippen molar-refractivity contribution in [1.82, 2.24) is 14.7 Å². The molecule has 0 aliphatic carbocycles. The molecule has 16 heavy (non-hydrogen) atoms. The van der Waals surface area contributed by atoms with E-state index in [1.54, 1.807) is 18.0 Å². The lowest BCUT2D eigenvalue weighted by molar-refractivity contribution is 0.0942. The summed E-state index contributed by atoms with van der Waals surface area (Å²) in [6.07, 6.45) is 1.59. The van der Waals surface area contributed by atoms with Crippen molar-refractivity contribution in [3.8, 4) is 5.75 Å². The van der Waals surface area contributed by atoms with Gasteiger partial charge in [0.05, 0.1) is 19.9 Å². The third kappa shape index (κ3) is 2.61. The normalized spacial score (nSPS) is 11.2. The number of carbonyl (C=O) groups is 1. The number of Topliss-reactive ketones (excluding diaryl/α,β-unsaturated/α-hetero) is 1. The third-order valence-corrected chi connectivity index (χ3v) is 2.19. The second-order valence-electron chi connectivity index (χ2n) is 4.26. The predicted octanol–water partition coefficient (Wildman–Crippen LogP) is 1.22. The van der Waals surface area contributed by atoms with Crippen LogP contribution >= 0.6 is 0 Å². The molecule has 1 aromatic rings. The molecule has 0 N–H and O–H groups in total. The van der Waals surface area contributed by atoms with Crippen LogP contribution in [0.5, 0.6) is 5.75 Å². The number of carbonyl (C=O) groups excluding carboxylic acids is 1. The van der Waals surface area contributed by atoms with Crippen LogP contribution in [0.15, 0.2) is 6.20 Å². The van der Waals surface area contributed by atoms with E-state index in [-0.39, 0.29) is 11.8 Å². The smallest absolute Gasteiger partial charge is 0.198 e. The van der Waals surface area contributed by atoms with Crippen LogP contribution in [0.25, 0.3) is 0 Å². The Bertz CT molecular complexity index is 369. The zero-order chi connectivity index (χ0) is 12.3. The minimum atomic E-state index is 0.0213. The molecule has 5 heteroatoms. The first-order chi connectivity index (χ1) is 7.47. The fourth-order valence-corrected chi connectivity index (χ4v) is 1.51. The first-order valence-electron chi connectivity index (χ1n) is 5.26. The molecule has 5 nitrogen and oxygen atoms in total. The van der Waals surface area contributed by atoms with Gasteiger partial charge in [-0.05, 0) is 27.9 Å². The molecule has 0 bridgehead atoms. The van der Waals surface area contributed by atoms with E-state index in [4.69, 9.17) is 4.74 Å². The van der Waals surface area contributed by atoms with Crippen molar-refractivity contribution in [3.05, 3.63) is 11.9 Å². The van der Waals surface area contributed by atoms with Crippen LogP contribution in [0, 0.1) is 0 Å². The first-order valence-corrected chi connectivity index (χ1v) is 5.26. The Balaban J connectivity index is 3.07. The Morgan fingerprint density at radius 3 is 2.62 bits per heavy atom. The van der Waals surface area contributed by atoms with Crippen molar-refractivity contribution >= 4 is 5.78 Å². The standard InChI is InChI=1S/C11H19N3O2/c1-8(2)14-11(9(15)7-13(3)4)10(16-5)6-12-14/h6,8H,7H2,1-5H3. The van der Waals surface area contributed by atoms with Crippen molar-refractivity contribution in [2.45, 2.75) is 19.9 Å². The zero-order valence-corrected chi connectivity index (χ0v) is 10.5. The van der Waals surface area contributed by atoms with E-state index in [1.807, 2.05) is 32.8 Å². The summed E-state index contributed by atoms with van der Waals surface area (Å²) in [6.45, 7) is 4.33. The molecule has 0 aromatic carbocycles. The van der Waals surface area contributed by atoms with E-state index in [9.17, 15) is 4.79 Å². The van der Waals surface area contributed by atoms with Crippen molar-refractivity contribution in [1.29, 1.82) is 0 Å². The number of nitrogens with zero attached hydrogens (tertiary/aromatic N) is 3. The van der Waals surface area contributed by atoms with E-state index < -0.39 is 0 Å². The molecule has 0 fully saturated rings. The fourth-order valence-electron chi connectivity index (χ4n) is 1.51. The maximum atomic E-state index is 12.0. The molecule has 0 unspecified atom stereocenters. The summed E-state index contributed by atoms with van der Waals surface area (Å²) in [5.41, 5.74) is 0.547. The van der Waals surface area contributed by atoms with Crippen molar-refractivity contribution in [3.63, 3.8) is 0 Å². The van der Waals surface area contributed by atoms with E-state index in [2.05, 4.69) is 5.10 Å². The van der Waals surface area contributed by atoms with Gasteiger partial charge >= 0.3 is 0 Å². The highest BCUT2D eigenvalue weighted by atomic mass is 16.5. The Labute approximate surface area is 96.0 Å². The van der Waals surface area contributed by atoms with Crippen LogP contribution in [0.3, 0.4) is 0 Å². The second kappa shape index (κ2) is 5.12. The summed E-state index contributed by atoms with van der Waals surface area (Å²) in [7, 11) is 5.27. The lowest BCUT2D eigenvalue weighted by Gasteiger charge is -2.13. The molecular formula is C11H19N3O2. The minimum Gasteiger partial charge on any atom is -0.493 e. The predicted molar refractivity (Wildman–Crippen MR) is 62.0 cm³/mol. The summed E-state index contributed by atoms with van der Waals surface area (Å²) in [4.78, 5) is 13.9. The Morgan fingerprint density at radius 2 is 2.19 bits per heavy atom. The van der Waals surface area contributed by atoms with Gasteiger partial charge in [0.15, 0.2) is 11.5 Å². The van der Waals surface area contributed by atoms with Gasteiger partial charge in [0.1, 0.15) is 5.69 Å². The van der Waals surface area contributed by atoms with Gasteiger partial charge in [0.2, 0.25) is 0 Å². The maximum absolute atomic E-state index is 12.0. The van der Waals surface area contributed by atoms with Crippen LogP contribution in [-0.2, 0) is 0 Å². The topological polar surface area (TPSA) is 47.4 Å². The molecule has 0 aliphatic rings. The van der Waals surface area contributed by atoms with Crippen molar-refractivity contribution < 1.29 is 9.53 Å². The lowest BCUT2D eigenvalue weighted by atomic mass is 10.2. The van der Waals surface area contributed by atoms with Gasteiger partial charge in [0, 0.05) is 6.04 Å². The Hall–Kier alpha value is -1.36.